The summed E-state index contributed by atoms with van der Waals surface area (Å²) < 4.78 is 6.67. The van der Waals surface area contributed by atoms with Crippen molar-refractivity contribution in [3.8, 4) is 67.5 Å². The summed E-state index contributed by atoms with van der Waals surface area (Å²) in [5.41, 5.74) is 15.5. The maximum atomic E-state index is 6.67. The molecular formula is C51H32N2O. The van der Waals surface area contributed by atoms with Crippen molar-refractivity contribution in [1.82, 2.24) is 9.97 Å². The molecule has 11 rings (SSSR count). The van der Waals surface area contributed by atoms with Gasteiger partial charge < -0.3 is 4.74 Å². The van der Waals surface area contributed by atoms with Crippen LogP contribution in [-0.4, -0.2) is 9.97 Å². The first kappa shape index (κ1) is 30.5. The Morgan fingerprint density at radius 1 is 0.352 bits per heavy atom. The molecule has 0 amide bonds. The van der Waals surface area contributed by atoms with E-state index in [1.165, 1.54) is 27.8 Å². The Morgan fingerprint density at radius 3 is 1.69 bits per heavy atom. The molecule has 1 aromatic heterocycles. The highest BCUT2D eigenvalue weighted by atomic mass is 16.5. The van der Waals surface area contributed by atoms with E-state index >= 15 is 0 Å². The molecule has 8 aromatic carbocycles. The van der Waals surface area contributed by atoms with E-state index < -0.39 is 5.41 Å². The van der Waals surface area contributed by atoms with Crippen molar-refractivity contribution >= 4 is 10.9 Å². The topological polar surface area (TPSA) is 35.0 Å². The lowest BCUT2D eigenvalue weighted by molar-refractivity contribution is 0.436. The van der Waals surface area contributed by atoms with Crippen LogP contribution in [0.25, 0.3) is 66.9 Å². The molecule has 252 valence electrons. The fraction of sp³-hybridized carbons (Fsp3) is 0.0196. The van der Waals surface area contributed by atoms with E-state index in [-0.39, 0.29) is 0 Å². The minimum atomic E-state index is -0.494. The van der Waals surface area contributed by atoms with Gasteiger partial charge in [-0.05, 0) is 74.8 Å². The Balaban J connectivity index is 0.999. The van der Waals surface area contributed by atoms with E-state index in [0.717, 1.165) is 72.9 Å². The smallest absolute Gasteiger partial charge is 0.160 e. The van der Waals surface area contributed by atoms with Crippen molar-refractivity contribution in [3.05, 3.63) is 216 Å². The number of fused-ring (bicyclic) bond motifs is 10. The molecule has 3 heteroatoms. The van der Waals surface area contributed by atoms with Crippen LogP contribution in [0.2, 0.25) is 0 Å². The predicted molar refractivity (Wildman–Crippen MR) is 219 cm³/mol. The van der Waals surface area contributed by atoms with Crippen molar-refractivity contribution in [1.29, 1.82) is 0 Å². The summed E-state index contributed by atoms with van der Waals surface area (Å²) in [6.07, 6.45) is 0. The van der Waals surface area contributed by atoms with Crippen LogP contribution in [0.3, 0.4) is 0 Å². The monoisotopic (exact) mass is 688 g/mol. The van der Waals surface area contributed by atoms with Crippen molar-refractivity contribution in [2.75, 3.05) is 0 Å². The van der Waals surface area contributed by atoms with Gasteiger partial charge in [0.1, 0.15) is 11.5 Å². The maximum Gasteiger partial charge on any atom is 0.160 e. The molecule has 0 bridgehead atoms. The second-order valence-corrected chi connectivity index (χ2v) is 14.1. The van der Waals surface area contributed by atoms with Gasteiger partial charge in [-0.3, -0.25) is 0 Å². The van der Waals surface area contributed by atoms with E-state index in [9.17, 15) is 0 Å². The highest BCUT2D eigenvalue weighted by Crippen LogP contribution is 2.62. The summed E-state index contributed by atoms with van der Waals surface area (Å²) in [5, 5.41) is 1.05. The Bertz CT molecular complexity index is 2870. The highest BCUT2D eigenvalue weighted by Gasteiger charge is 2.51. The maximum absolute atomic E-state index is 6.67. The third-order valence-electron chi connectivity index (χ3n) is 11.2. The Hall–Kier alpha value is -7.10. The molecule has 0 saturated carbocycles. The van der Waals surface area contributed by atoms with Gasteiger partial charge >= 0.3 is 0 Å². The molecular weight excluding hydrogens is 657 g/mol. The number of rotatable bonds is 4. The Labute approximate surface area is 313 Å². The average Bonchev–Trinajstić information content (AvgIpc) is 3.54. The lowest BCUT2D eigenvalue weighted by atomic mass is 9.66. The lowest BCUT2D eigenvalue weighted by Crippen LogP contribution is -2.32. The number of para-hydroxylation sites is 2. The van der Waals surface area contributed by atoms with Crippen LogP contribution >= 0.6 is 0 Å². The van der Waals surface area contributed by atoms with E-state index in [0.29, 0.717) is 0 Å². The van der Waals surface area contributed by atoms with Crippen LogP contribution in [0.15, 0.2) is 194 Å². The fourth-order valence-electron chi connectivity index (χ4n) is 8.75. The second-order valence-electron chi connectivity index (χ2n) is 14.1. The number of aromatic nitrogens is 2. The second kappa shape index (κ2) is 12.0. The molecule has 3 nitrogen and oxygen atoms in total. The van der Waals surface area contributed by atoms with E-state index in [2.05, 4.69) is 176 Å². The highest BCUT2D eigenvalue weighted by molar-refractivity contribution is 5.94. The molecule has 1 spiro atoms. The van der Waals surface area contributed by atoms with Gasteiger partial charge in [0.25, 0.3) is 0 Å². The third kappa shape index (κ3) is 4.55. The largest absolute Gasteiger partial charge is 0.457 e. The van der Waals surface area contributed by atoms with Gasteiger partial charge in [0, 0.05) is 27.6 Å². The molecule has 0 N–H and O–H groups in total. The van der Waals surface area contributed by atoms with Gasteiger partial charge in [-0.2, -0.15) is 0 Å². The predicted octanol–water partition coefficient (Wildman–Crippen LogP) is 12.8. The summed E-state index contributed by atoms with van der Waals surface area (Å²) in [4.78, 5) is 10.1. The molecule has 9 aromatic rings. The summed E-state index contributed by atoms with van der Waals surface area (Å²) in [6, 6.07) is 69.0. The molecule has 0 fully saturated rings. The molecule has 0 unspecified atom stereocenters. The van der Waals surface area contributed by atoms with Crippen LogP contribution in [0.1, 0.15) is 22.3 Å². The zero-order valence-electron chi connectivity index (χ0n) is 29.3. The molecule has 1 aliphatic carbocycles. The van der Waals surface area contributed by atoms with E-state index in [1.54, 1.807) is 0 Å². The molecule has 2 heterocycles. The lowest BCUT2D eigenvalue weighted by Gasteiger charge is -2.39. The number of hydrogen-bond acceptors (Lipinski definition) is 3. The molecule has 54 heavy (non-hydrogen) atoms. The minimum Gasteiger partial charge on any atom is -0.457 e. The van der Waals surface area contributed by atoms with Crippen molar-refractivity contribution in [2.45, 2.75) is 5.41 Å². The van der Waals surface area contributed by atoms with Gasteiger partial charge in [-0.25, -0.2) is 9.97 Å². The average molecular weight is 689 g/mol. The Morgan fingerprint density at radius 2 is 0.907 bits per heavy atom. The fourth-order valence-corrected chi connectivity index (χ4v) is 8.75. The summed E-state index contributed by atoms with van der Waals surface area (Å²) >= 11 is 0. The first-order chi connectivity index (χ1) is 26.8. The van der Waals surface area contributed by atoms with Crippen LogP contribution in [0.5, 0.6) is 11.5 Å². The quantitative estimate of drug-likeness (QED) is 0.185. The zero-order chi connectivity index (χ0) is 35.6. The number of nitrogens with zero attached hydrogens (tertiary/aromatic N) is 2. The van der Waals surface area contributed by atoms with Crippen molar-refractivity contribution < 1.29 is 4.74 Å². The molecule has 0 atom stereocenters. The third-order valence-corrected chi connectivity index (χ3v) is 11.2. The first-order valence-corrected chi connectivity index (χ1v) is 18.4. The standard InChI is InChI=1S/C51H32N2O/c1-2-13-34(14-3-1)49-41-19-6-10-23-46(41)52-50(53-49)35-27-25-33(26-28-35)36-15-12-16-37(31-36)38-29-30-48-45(32-38)51(44-22-9-11-24-47(44)54-48)42-20-7-4-17-39(42)40-18-5-8-21-43(40)51/h1-32H. The van der Waals surface area contributed by atoms with E-state index in [4.69, 9.17) is 14.7 Å². The first-order valence-electron chi connectivity index (χ1n) is 18.4. The zero-order valence-corrected chi connectivity index (χ0v) is 29.3. The van der Waals surface area contributed by atoms with Crippen molar-refractivity contribution in [2.24, 2.45) is 0 Å². The van der Waals surface area contributed by atoms with Crippen LogP contribution in [0, 0.1) is 0 Å². The number of hydrogen-bond donors (Lipinski definition) is 0. The summed E-state index contributed by atoms with van der Waals surface area (Å²) in [7, 11) is 0. The van der Waals surface area contributed by atoms with Gasteiger partial charge in [0.2, 0.25) is 0 Å². The SMILES string of the molecule is c1ccc(-c2nc(-c3ccc(-c4cccc(-c5ccc6c(c5)C5(c7ccccc7O6)c6ccccc6-c6ccccc65)c4)cc3)nc3ccccc23)cc1. The van der Waals surface area contributed by atoms with E-state index in [1.807, 2.05) is 18.2 Å². The van der Waals surface area contributed by atoms with Gasteiger partial charge in [-0.1, -0.05) is 164 Å². The van der Waals surface area contributed by atoms with Gasteiger partial charge in [0.05, 0.1) is 16.6 Å². The van der Waals surface area contributed by atoms with Gasteiger partial charge in [-0.15, -0.1) is 0 Å². The molecule has 0 radical (unpaired) electrons. The molecule has 0 saturated heterocycles. The van der Waals surface area contributed by atoms with Gasteiger partial charge in [0.15, 0.2) is 5.82 Å². The Kier molecular flexibility index (Phi) is 6.77. The summed E-state index contributed by atoms with van der Waals surface area (Å²) in [6.45, 7) is 0. The van der Waals surface area contributed by atoms with Crippen LogP contribution in [0.4, 0.5) is 0 Å². The molecule has 1 aliphatic heterocycles. The number of ether oxygens (including phenoxy) is 1. The number of benzene rings is 8. The summed E-state index contributed by atoms with van der Waals surface area (Å²) in [5.74, 6) is 2.51. The van der Waals surface area contributed by atoms with Crippen LogP contribution < -0.4 is 4.74 Å². The minimum absolute atomic E-state index is 0.494. The normalized spacial score (nSPS) is 13.1. The molecule has 2 aliphatic rings. The van der Waals surface area contributed by atoms with Crippen molar-refractivity contribution in [3.63, 3.8) is 0 Å². The van der Waals surface area contributed by atoms with Crippen LogP contribution in [-0.2, 0) is 5.41 Å².